The summed E-state index contributed by atoms with van der Waals surface area (Å²) in [4.78, 5) is 16.3. The Kier molecular flexibility index (Phi) is 5.58. The highest BCUT2D eigenvalue weighted by molar-refractivity contribution is 6.33. The fourth-order valence-electron chi connectivity index (χ4n) is 2.59. The van der Waals surface area contributed by atoms with Crippen LogP contribution >= 0.6 is 11.6 Å². The number of rotatable bonds is 6. The number of carbonyl (C=O) groups excluding carboxylic acids is 1. The van der Waals surface area contributed by atoms with E-state index >= 15 is 0 Å². The topological polar surface area (TPSA) is 42.0 Å². The van der Waals surface area contributed by atoms with Crippen molar-refractivity contribution in [2.45, 2.75) is 18.8 Å². The molecule has 1 aliphatic heterocycles. The van der Waals surface area contributed by atoms with Gasteiger partial charge in [-0.1, -0.05) is 23.7 Å². The van der Waals surface area contributed by atoms with E-state index in [1.165, 1.54) is 0 Å². The van der Waals surface area contributed by atoms with Gasteiger partial charge >= 0.3 is 0 Å². The first kappa shape index (κ1) is 16.2. The Bertz CT molecular complexity index is 494. The number of methoxy groups -OCH3 is 2. The van der Waals surface area contributed by atoms with Gasteiger partial charge in [-0.15, -0.1) is 0 Å². The molecule has 1 aliphatic rings. The molecule has 1 amide bonds. The SMILES string of the molecule is COC(CN(C)[C@H]1CCN(c2ccccc2Cl)C1=O)OC. The van der Waals surface area contributed by atoms with Crippen LogP contribution in [0.1, 0.15) is 6.42 Å². The minimum absolute atomic E-state index is 0.0663. The van der Waals surface area contributed by atoms with Crippen LogP contribution in [-0.4, -0.2) is 57.5 Å². The Balaban J connectivity index is 2.06. The smallest absolute Gasteiger partial charge is 0.244 e. The zero-order valence-corrected chi connectivity index (χ0v) is 13.3. The Morgan fingerprint density at radius 2 is 2.05 bits per heavy atom. The second kappa shape index (κ2) is 7.22. The van der Waals surface area contributed by atoms with E-state index in [9.17, 15) is 4.79 Å². The average molecular weight is 313 g/mol. The van der Waals surface area contributed by atoms with Gasteiger partial charge in [-0.25, -0.2) is 0 Å². The fourth-order valence-corrected chi connectivity index (χ4v) is 2.83. The van der Waals surface area contributed by atoms with Crippen LogP contribution in [0.4, 0.5) is 5.69 Å². The van der Waals surface area contributed by atoms with Crippen LogP contribution in [0.15, 0.2) is 24.3 Å². The van der Waals surface area contributed by atoms with Gasteiger partial charge in [0.2, 0.25) is 5.91 Å². The predicted octanol–water partition coefficient (Wildman–Crippen LogP) is 2.00. The van der Waals surface area contributed by atoms with E-state index in [0.29, 0.717) is 18.1 Å². The normalized spacial score (nSPS) is 19.0. The summed E-state index contributed by atoms with van der Waals surface area (Å²) in [6.07, 6.45) is 0.429. The van der Waals surface area contributed by atoms with Gasteiger partial charge in [-0.3, -0.25) is 9.69 Å². The highest BCUT2D eigenvalue weighted by atomic mass is 35.5. The summed E-state index contributed by atoms with van der Waals surface area (Å²) in [5, 5.41) is 0.598. The van der Waals surface area contributed by atoms with Crippen LogP contribution in [0.25, 0.3) is 0 Å². The van der Waals surface area contributed by atoms with E-state index in [0.717, 1.165) is 12.1 Å². The summed E-state index contributed by atoms with van der Waals surface area (Å²) < 4.78 is 10.4. The van der Waals surface area contributed by atoms with Crippen LogP contribution in [0.5, 0.6) is 0 Å². The molecule has 0 unspecified atom stereocenters. The van der Waals surface area contributed by atoms with E-state index in [1.807, 2.05) is 30.1 Å². The Labute approximate surface area is 130 Å². The predicted molar refractivity (Wildman–Crippen MR) is 82.6 cm³/mol. The maximum Gasteiger partial charge on any atom is 0.244 e. The lowest BCUT2D eigenvalue weighted by Crippen LogP contribution is -2.43. The molecule has 1 aromatic rings. The molecule has 0 aliphatic carbocycles. The molecule has 5 nitrogen and oxygen atoms in total. The number of benzene rings is 1. The fraction of sp³-hybridized carbons (Fsp3) is 0.533. The van der Waals surface area contributed by atoms with Crippen LogP contribution < -0.4 is 4.90 Å². The van der Waals surface area contributed by atoms with Crippen LogP contribution in [0.3, 0.4) is 0 Å². The molecule has 116 valence electrons. The summed E-state index contributed by atoms with van der Waals surface area (Å²) in [5.41, 5.74) is 0.773. The van der Waals surface area contributed by atoms with Gasteiger partial charge in [0.15, 0.2) is 6.29 Å². The molecule has 0 aromatic heterocycles. The second-order valence-corrected chi connectivity index (χ2v) is 5.49. The zero-order chi connectivity index (χ0) is 15.4. The van der Waals surface area contributed by atoms with Crippen molar-refractivity contribution in [3.8, 4) is 0 Å². The van der Waals surface area contributed by atoms with Crippen molar-refractivity contribution >= 4 is 23.2 Å². The Morgan fingerprint density at radius 3 is 2.67 bits per heavy atom. The molecule has 1 saturated heterocycles. The van der Waals surface area contributed by atoms with Crippen molar-refractivity contribution in [2.75, 3.05) is 39.3 Å². The largest absolute Gasteiger partial charge is 0.355 e. The Hall–Kier alpha value is -1.14. The molecule has 2 rings (SSSR count). The first-order chi connectivity index (χ1) is 10.1. The lowest BCUT2D eigenvalue weighted by molar-refractivity contribution is -0.130. The van der Waals surface area contributed by atoms with Crippen molar-refractivity contribution in [1.82, 2.24) is 4.90 Å². The van der Waals surface area contributed by atoms with Crippen molar-refractivity contribution in [3.63, 3.8) is 0 Å². The monoisotopic (exact) mass is 312 g/mol. The van der Waals surface area contributed by atoms with Crippen LogP contribution in [0.2, 0.25) is 5.02 Å². The van der Waals surface area contributed by atoms with Crippen LogP contribution in [0, 0.1) is 0 Å². The number of hydrogen-bond acceptors (Lipinski definition) is 4. The molecule has 6 heteroatoms. The minimum Gasteiger partial charge on any atom is -0.355 e. The summed E-state index contributed by atoms with van der Waals surface area (Å²) >= 11 is 6.18. The third kappa shape index (κ3) is 3.55. The van der Waals surface area contributed by atoms with Gasteiger partial charge in [0, 0.05) is 27.3 Å². The summed E-state index contributed by atoms with van der Waals surface area (Å²) in [6, 6.07) is 7.24. The molecule has 1 heterocycles. The standard InChI is InChI=1S/C15H21ClN2O3/c1-17(10-14(20-2)21-3)13-8-9-18(15(13)19)12-7-5-4-6-11(12)16/h4-7,13-14H,8-10H2,1-3H3/t13-/m0/s1. The van der Waals surface area contributed by atoms with Crippen molar-refractivity contribution in [2.24, 2.45) is 0 Å². The lowest BCUT2D eigenvalue weighted by atomic mass is 10.2. The number of halogens is 1. The number of carbonyl (C=O) groups is 1. The molecule has 0 radical (unpaired) electrons. The van der Waals surface area contributed by atoms with Crippen molar-refractivity contribution in [1.29, 1.82) is 0 Å². The molecular weight excluding hydrogens is 292 g/mol. The third-order valence-electron chi connectivity index (χ3n) is 3.82. The number of nitrogens with zero attached hydrogens (tertiary/aromatic N) is 2. The van der Waals surface area contributed by atoms with E-state index in [2.05, 4.69) is 0 Å². The molecule has 1 aromatic carbocycles. The Morgan fingerprint density at radius 1 is 1.38 bits per heavy atom. The zero-order valence-electron chi connectivity index (χ0n) is 12.6. The van der Waals surface area contributed by atoms with Gasteiger partial charge < -0.3 is 14.4 Å². The van der Waals surface area contributed by atoms with E-state index in [4.69, 9.17) is 21.1 Å². The molecular formula is C15H21ClN2O3. The number of ether oxygens (including phenoxy) is 2. The summed E-state index contributed by atoms with van der Waals surface area (Å²) in [6.45, 7) is 1.21. The van der Waals surface area contributed by atoms with E-state index in [1.54, 1.807) is 25.2 Å². The molecule has 0 N–H and O–H groups in total. The van der Waals surface area contributed by atoms with Gasteiger partial charge in [0.1, 0.15) is 0 Å². The highest BCUT2D eigenvalue weighted by Gasteiger charge is 2.36. The number of amides is 1. The quantitative estimate of drug-likeness (QED) is 0.754. The van der Waals surface area contributed by atoms with Gasteiger partial charge in [0.05, 0.1) is 16.8 Å². The number of likely N-dealkylation sites (N-methyl/N-ethyl adjacent to an activating group) is 1. The summed E-state index contributed by atoms with van der Waals surface area (Å²) in [7, 11) is 5.09. The lowest BCUT2D eigenvalue weighted by Gasteiger charge is -2.26. The maximum absolute atomic E-state index is 12.6. The van der Waals surface area contributed by atoms with Crippen molar-refractivity contribution < 1.29 is 14.3 Å². The van der Waals surface area contributed by atoms with Crippen LogP contribution in [-0.2, 0) is 14.3 Å². The molecule has 0 spiro atoms. The number of para-hydroxylation sites is 1. The molecule has 21 heavy (non-hydrogen) atoms. The molecule has 0 bridgehead atoms. The second-order valence-electron chi connectivity index (χ2n) is 5.09. The maximum atomic E-state index is 12.6. The first-order valence-corrected chi connectivity index (χ1v) is 7.28. The number of anilines is 1. The first-order valence-electron chi connectivity index (χ1n) is 6.90. The van der Waals surface area contributed by atoms with Crippen molar-refractivity contribution in [3.05, 3.63) is 29.3 Å². The summed E-state index contributed by atoms with van der Waals surface area (Å²) in [5.74, 6) is 0.0663. The molecule has 1 atom stereocenters. The third-order valence-corrected chi connectivity index (χ3v) is 4.13. The van der Waals surface area contributed by atoms with E-state index in [-0.39, 0.29) is 18.2 Å². The van der Waals surface area contributed by atoms with Gasteiger partial charge in [-0.2, -0.15) is 0 Å². The highest BCUT2D eigenvalue weighted by Crippen LogP contribution is 2.30. The average Bonchev–Trinajstić information content (AvgIpc) is 2.87. The van der Waals surface area contributed by atoms with E-state index < -0.39 is 0 Å². The van der Waals surface area contributed by atoms with Gasteiger partial charge in [0.25, 0.3) is 0 Å². The molecule has 0 saturated carbocycles. The molecule has 1 fully saturated rings. The minimum atomic E-state index is -0.336. The number of hydrogen-bond donors (Lipinski definition) is 0. The van der Waals surface area contributed by atoms with Gasteiger partial charge in [-0.05, 0) is 25.6 Å².